The van der Waals surface area contributed by atoms with Crippen molar-refractivity contribution in [1.82, 2.24) is 5.32 Å². The minimum absolute atomic E-state index is 0.0983. The number of benzene rings is 1. The maximum atomic E-state index is 12.3. The molecule has 6 nitrogen and oxygen atoms in total. The summed E-state index contributed by atoms with van der Waals surface area (Å²) in [6.45, 7) is 2.11. The van der Waals surface area contributed by atoms with Crippen LogP contribution in [0.15, 0.2) is 34.7 Å². The van der Waals surface area contributed by atoms with E-state index in [9.17, 15) is 14.4 Å². The summed E-state index contributed by atoms with van der Waals surface area (Å²) >= 11 is 1.42. The second-order valence-corrected chi connectivity index (χ2v) is 7.76. The van der Waals surface area contributed by atoms with Gasteiger partial charge in [-0.2, -0.15) is 0 Å². The molecule has 2 N–H and O–H groups in total. The Labute approximate surface area is 163 Å². The van der Waals surface area contributed by atoms with E-state index >= 15 is 0 Å². The Kier molecular flexibility index (Phi) is 6.55. The molecular formula is C20H24N2O4S. The molecule has 27 heavy (non-hydrogen) atoms. The van der Waals surface area contributed by atoms with Gasteiger partial charge in [0.15, 0.2) is 6.10 Å². The van der Waals surface area contributed by atoms with Crippen LogP contribution in [0.3, 0.4) is 0 Å². The van der Waals surface area contributed by atoms with Crippen LogP contribution >= 0.6 is 11.8 Å². The molecule has 0 bridgehead atoms. The van der Waals surface area contributed by atoms with Gasteiger partial charge in [-0.25, -0.2) is 4.79 Å². The molecule has 1 heterocycles. The molecule has 1 aromatic rings. The highest BCUT2D eigenvalue weighted by Crippen LogP contribution is 2.32. The Hall–Kier alpha value is -2.28. The van der Waals surface area contributed by atoms with E-state index in [1.165, 1.54) is 30.2 Å². The third-order valence-electron chi connectivity index (χ3n) is 4.63. The zero-order chi connectivity index (χ0) is 19.2. The summed E-state index contributed by atoms with van der Waals surface area (Å²) in [5.74, 6) is -0.620. The number of esters is 1. The van der Waals surface area contributed by atoms with E-state index < -0.39 is 12.1 Å². The molecule has 2 aliphatic rings. The van der Waals surface area contributed by atoms with E-state index in [0.29, 0.717) is 23.5 Å². The first-order chi connectivity index (χ1) is 13.0. The van der Waals surface area contributed by atoms with Crippen molar-refractivity contribution >= 4 is 35.2 Å². The van der Waals surface area contributed by atoms with Gasteiger partial charge in [0.05, 0.1) is 17.0 Å². The first-order valence-corrected chi connectivity index (χ1v) is 10.2. The Morgan fingerprint density at radius 1 is 1.33 bits per heavy atom. The van der Waals surface area contributed by atoms with Crippen molar-refractivity contribution in [3.05, 3.63) is 35.4 Å². The number of carbonyl (C=O) groups is 3. The summed E-state index contributed by atoms with van der Waals surface area (Å²) in [5, 5.41) is 5.56. The van der Waals surface area contributed by atoms with Gasteiger partial charge in [-0.1, -0.05) is 11.6 Å². The number of fused-ring (bicyclic) bond motifs is 1. The van der Waals surface area contributed by atoms with E-state index in [0.717, 1.165) is 24.2 Å². The monoisotopic (exact) mass is 388 g/mol. The molecule has 1 aliphatic carbocycles. The standard InChI is InChI=1S/C20H24N2O4S/c1-13(19(24)21-10-9-14-5-3-2-4-6-14)26-20(25)15-7-8-17-16(11-15)22-18(23)12-27-17/h5,7-8,11,13H,2-4,6,9-10,12H2,1H3,(H,21,24)(H,22,23)/t13-/m0/s1. The van der Waals surface area contributed by atoms with Crippen LogP contribution in [0.5, 0.6) is 0 Å². The molecule has 3 rings (SSSR count). The van der Waals surface area contributed by atoms with Gasteiger partial charge in [-0.05, 0) is 57.2 Å². The first-order valence-electron chi connectivity index (χ1n) is 9.26. The lowest BCUT2D eigenvalue weighted by Gasteiger charge is -2.18. The smallest absolute Gasteiger partial charge is 0.338 e. The average molecular weight is 388 g/mol. The maximum absolute atomic E-state index is 12.3. The minimum Gasteiger partial charge on any atom is -0.449 e. The van der Waals surface area contributed by atoms with E-state index in [-0.39, 0.29) is 11.8 Å². The third kappa shape index (κ3) is 5.35. The molecule has 0 fully saturated rings. The number of nitrogens with one attached hydrogen (secondary N) is 2. The summed E-state index contributed by atoms with van der Waals surface area (Å²) in [5.41, 5.74) is 2.30. The molecule has 144 valence electrons. The molecule has 0 unspecified atom stereocenters. The second-order valence-electron chi connectivity index (χ2n) is 6.74. The van der Waals surface area contributed by atoms with Crippen LogP contribution in [0, 0.1) is 0 Å². The Balaban J connectivity index is 1.49. The highest BCUT2D eigenvalue weighted by molar-refractivity contribution is 8.00. The van der Waals surface area contributed by atoms with Crippen LogP contribution < -0.4 is 10.6 Å². The van der Waals surface area contributed by atoms with Gasteiger partial charge < -0.3 is 15.4 Å². The summed E-state index contributed by atoms with van der Waals surface area (Å²) < 4.78 is 5.27. The van der Waals surface area contributed by atoms with E-state index in [1.54, 1.807) is 25.1 Å². The van der Waals surface area contributed by atoms with Crippen molar-refractivity contribution in [2.45, 2.75) is 50.0 Å². The predicted octanol–water partition coefficient (Wildman–Crippen LogP) is 3.28. The second kappa shape index (κ2) is 9.08. The zero-order valence-electron chi connectivity index (χ0n) is 15.4. The summed E-state index contributed by atoms with van der Waals surface area (Å²) in [6.07, 6.45) is 6.91. The fraction of sp³-hybridized carbons (Fsp3) is 0.450. The van der Waals surface area contributed by atoms with Crippen LogP contribution in [0.4, 0.5) is 5.69 Å². The molecule has 1 aromatic carbocycles. The van der Waals surface area contributed by atoms with Crippen molar-refractivity contribution in [1.29, 1.82) is 0 Å². The van der Waals surface area contributed by atoms with Gasteiger partial charge >= 0.3 is 5.97 Å². The summed E-state index contributed by atoms with van der Waals surface area (Å²) in [6, 6.07) is 5.01. The van der Waals surface area contributed by atoms with Gasteiger partial charge in [0.25, 0.3) is 5.91 Å². The van der Waals surface area contributed by atoms with Crippen molar-refractivity contribution in [2.75, 3.05) is 17.6 Å². The largest absolute Gasteiger partial charge is 0.449 e. The average Bonchev–Trinajstić information content (AvgIpc) is 2.68. The van der Waals surface area contributed by atoms with Gasteiger partial charge in [0, 0.05) is 11.4 Å². The zero-order valence-corrected chi connectivity index (χ0v) is 16.2. The molecular weight excluding hydrogens is 364 g/mol. The SMILES string of the molecule is C[C@H](OC(=O)c1ccc2c(c1)NC(=O)CS2)C(=O)NCCC1=CCCCC1. The normalized spacial score (nSPS) is 17.2. The summed E-state index contributed by atoms with van der Waals surface area (Å²) in [7, 11) is 0. The van der Waals surface area contributed by atoms with Crippen LogP contribution in [-0.2, 0) is 14.3 Å². The lowest BCUT2D eigenvalue weighted by Crippen LogP contribution is -2.36. The Morgan fingerprint density at radius 2 is 2.19 bits per heavy atom. The number of amides is 2. The molecule has 0 aromatic heterocycles. The van der Waals surface area contributed by atoms with Crippen LogP contribution in [-0.4, -0.2) is 36.2 Å². The van der Waals surface area contributed by atoms with Gasteiger partial charge in [-0.3, -0.25) is 9.59 Å². The van der Waals surface area contributed by atoms with Gasteiger partial charge in [-0.15, -0.1) is 11.8 Å². The molecule has 2 amide bonds. The minimum atomic E-state index is -0.877. The molecule has 0 saturated carbocycles. The van der Waals surface area contributed by atoms with Crippen LogP contribution in [0.1, 0.15) is 49.4 Å². The van der Waals surface area contributed by atoms with Crippen LogP contribution in [0.25, 0.3) is 0 Å². The van der Waals surface area contributed by atoms with Gasteiger partial charge in [0.1, 0.15) is 0 Å². The van der Waals surface area contributed by atoms with Crippen molar-refractivity contribution in [2.24, 2.45) is 0 Å². The van der Waals surface area contributed by atoms with E-state index in [1.807, 2.05) is 0 Å². The Morgan fingerprint density at radius 3 is 2.96 bits per heavy atom. The molecule has 1 atom stereocenters. The molecule has 0 spiro atoms. The number of allylic oxidation sites excluding steroid dienone is 1. The van der Waals surface area contributed by atoms with Crippen molar-refractivity contribution in [3.8, 4) is 0 Å². The van der Waals surface area contributed by atoms with Crippen molar-refractivity contribution in [3.63, 3.8) is 0 Å². The number of rotatable bonds is 6. The maximum Gasteiger partial charge on any atom is 0.338 e. The van der Waals surface area contributed by atoms with Crippen LogP contribution in [0.2, 0.25) is 0 Å². The highest BCUT2D eigenvalue weighted by atomic mass is 32.2. The number of thioether (sulfide) groups is 1. The molecule has 7 heteroatoms. The number of anilines is 1. The fourth-order valence-corrected chi connectivity index (χ4v) is 3.90. The summed E-state index contributed by atoms with van der Waals surface area (Å²) in [4.78, 5) is 36.9. The van der Waals surface area contributed by atoms with Gasteiger partial charge in [0.2, 0.25) is 5.91 Å². The molecule has 1 aliphatic heterocycles. The predicted molar refractivity (Wildman–Crippen MR) is 105 cm³/mol. The highest BCUT2D eigenvalue weighted by Gasteiger charge is 2.21. The van der Waals surface area contributed by atoms with E-state index in [2.05, 4.69) is 16.7 Å². The molecule has 0 saturated heterocycles. The number of carbonyl (C=O) groups excluding carboxylic acids is 3. The third-order valence-corrected chi connectivity index (χ3v) is 5.71. The first kappa shape index (κ1) is 19.5. The molecule has 0 radical (unpaired) electrons. The topological polar surface area (TPSA) is 84.5 Å². The fourth-order valence-electron chi connectivity index (χ4n) is 3.11. The number of hydrogen-bond donors (Lipinski definition) is 2. The quantitative estimate of drug-likeness (QED) is 0.577. The van der Waals surface area contributed by atoms with E-state index in [4.69, 9.17) is 4.74 Å². The Bertz CT molecular complexity index is 775. The van der Waals surface area contributed by atoms with Crippen molar-refractivity contribution < 1.29 is 19.1 Å². The number of hydrogen-bond acceptors (Lipinski definition) is 5. The lowest BCUT2D eigenvalue weighted by atomic mass is 9.97. The number of ether oxygens (including phenoxy) is 1. The lowest BCUT2D eigenvalue weighted by molar-refractivity contribution is -0.129.